The fraction of sp³-hybridized carbons (Fsp3) is 0.250. The molecular formula is C24H20F3N3O. The Bertz CT molecular complexity index is 1300. The van der Waals surface area contributed by atoms with Crippen LogP contribution in [0.1, 0.15) is 35.1 Å². The van der Waals surface area contributed by atoms with E-state index < -0.39 is 6.61 Å². The van der Waals surface area contributed by atoms with E-state index in [1.807, 2.05) is 24.5 Å². The smallest absolute Gasteiger partial charge is 0.387 e. The number of rotatable bonds is 4. The molecule has 0 radical (unpaired) electrons. The third-order valence-corrected chi connectivity index (χ3v) is 5.81. The summed E-state index contributed by atoms with van der Waals surface area (Å²) in [5.41, 5.74) is 4.83. The summed E-state index contributed by atoms with van der Waals surface area (Å²) in [7, 11) is 0. The Hall–Kier alpha value is -3.35. The van der Waals surface area contributed by atoms with Crippen molar-refractivity contribution in [2.24, 2.45) is 0 Å². The standard InChI is InChI=1S/C24H20F3N3O/c1-13-9-16(14(2)28-12-13)17-10-21-19(11-18(17)25)29-23-8-7-20(30(21)23)15-5-3-4-6-22(15)31-24(26)27/h3-6,9-12,20,24H,7-8H2,1-2H3. The molecule has 1 atom stereocenters. The van der Waals surface area contributed by atoms with Crippen molar-refractivity contribution in [2.45, 2.75) is 39.3 Å². The zero-order valence-corrected chi connectivity index (χ0v) is 17.1. The molecule has 2 aromatic carbocycles. The van der Waals surface area contributed by atoms with Gasteiger partial charge in [0.1, 0.15) is 17.4 Å². The van der Waals surface area contributed by atoms with Gasteiger partial charge in [-0.3, -0.25) is 4.98 Å². The Labute approximate surface area is 177 Å². The van der Waals surface area contributed by atoms with Crippen LogP contribution >= 0.6 is 0 Å². The third-order valence-electron chi connectivity index (χ3n) is 5.81. The van der Waals surface area contributed by atoms with Crippen molar-refractivity contribution in [1.82, 2.24) is 14.5 Å². The summed E-state index contributed by atoms with van der Waals surface area (Å²) >= 11 is 0. The molecule has 3 heterocycles. The molecule has 5 rings (SSSR count). The van der Waals surface area contributed by atoms with Gasteiger partial charge in [-0.2, -0.15) is 8.78 Å². The van der Waals surface area contributed by atoms with Gasteiger partial charge < -0.3 is 9.30 Å². The second-order valence-corrected chi connectivity index (χ2v) is 7.84. The van der Waals surface area contributed by atoms with Gasteiger partial charge in [0.2, 0.25) is 0 Å². The molecule has 2 aromatic heterocycles. The first-order chi connectivity index (χ1) is 14.9. The first-order valence-electron chi connectivity index (χ1n) is 10.1. The Kier molecular flexibility index (Phi) is 4.68. The van der Waals surface area contributed by atoms with Crippen molar-refractivity contribution in [3.05, 3.63) is 77.1 Å². The molecule has 0 bridgehead atoms. The van der Waals surface area contributed by atoms with E-state index in [1.165, 1.54) is 6.07 Å². The van der Waals surface area contributed by atoms with Crippen LogP contribution in [0.5, 0.6) is 5.75 Å². The van der Waals surface area contributed by atoms with Gasteiger partial charge in [0.15, 0.2) is 0 Å². The van der Waals surface area contributed by atoms with Crippen LogP contribution in [0.25, 0.3) is 22.2 Å². The SMILES string of the molecule is Cc1cnc(C)c(-c2cc3c(cc2F)nc2n3C(c3ccccc3OC(F)F)CC2)c1. The predicted octanol–water partition coefficient (Wildman–Crippen LogP) is 5.99. The van der Waals surface area contributed by atoms with Crippen LogP contribution in [0.3, 0.4) is 0 Å². The highest BCUT2D eigenvalue weighted by molar-refractivity contribution is 5.84. The number of ether oxygens (including phenoxy) is 1. The summed E-state index contributed by atoms with van der Waals surface area (Å²) in [4.78, 5) is 8.97. The molecule has 0 aliphatic carbocycles. The number of para-hydroxylation sites is 1. The fourth-order valence-electron chi connectivity index (χ4n) is 4.46. The van der Waals surface area contributed by atoms with Crippen LogP contribution in [0.15, 0.2) is 48.7 Å². The highest BCUT2D eigenvalue weighted by Crippen LogP contribution is 2.41. The van der Waals surface area contributed by atoms with Crippen molar-refractivity contribution < 1.29 is 17.9 Å². The summed E-state index contributed by atoms with van der Waals surface area (Å²) in [6, 6.07) is 11.7. The lowest BCUT2D eigenvalue weighted by Crippen LogP contribution is -2.10. The Balaban J connectivity index is 1.68. The number of hydrogen-bond donors (Lipinski definition) is 0. The maximum absolute atomic E-state index is 15.0. The van der Waals surface area contributed by atoms with Crippen LogP contribution in [-0.2, 0) is 6.42 Å². The van der Waals surface area contributed by atoms with Crippen LogP contribution in [-0.4, -0.2) is 21.1 Å². The van der Waals surface area contributed by atoms with Gasteiger partial charge in [-0.25, -0.2) is 9.37 Å². The molecule has 0 saturated carbocycles. The summed E-state index contributed by atoms with van der Waals surface area (Å²) in [5, 5.41) is 0. The van der Waals surface area contributed by atoms with Crippen molar-refractivity contribution >= 4 is 11.0 Å². The average Bonchev–Trinajstić information content (AvgIpc) is 3.28. The Morgan fingerprint density at radius 2 is 1.90 bits per heavy atom. The summed E-state index contributed by atoms with van der Waals surface area (Å²) in [6.45, 7) is 0.859. The fourth-order valence-corrected chi connectivity index (χ4v) is 4.46. The van der Waals surface area contributed by atoms with Crippen LogP contribution < -0.4 is 4.74 Å². The molecule has 1 aliphatic rings. The number of halogens is 3. The Morgan fingerprint density at radius 3 is 2.71 bits per heavy atom. The van der Waals surface area contributed by atoms with Gasteiger partial charge in [0.05, 0.1) is 17.1 Å². The molecule has 0 amide bonds. The number of aromatic nitrogens is 3. The lowest BCUT2D eigenvalue weighted by Gasteiger charge is -2.19. The molecule has 0 N–H and O–H groups in total. The maximum atomic E-state index is 15.0. The summed E-state index contributed by atoms with van der Waals surface area (Å²) in [5.74, 6) is 0.596. The third kappa shape index (κ3) is 3.34. The first kappa shape index (κ1) is 19.6. The van der Waals surface area contributed by atoms with E-state index in [0.717, 1.165) is 28.2 Å². The molecule has 4 aromatic rings. The molecule has 1 aliphatic heterocycles. The summed E-state index contributed by atoms with van der Waals surface area (Å²) < 4.78 is 47.7. The van der Waals surface area contributed by atoms with Crippen LogP contribution in [0.2, 0.25) is 0 Å². The normalized spacial score (nSPS) is 15.6. The number of benzene rings is 2. The van der Waals surface area contributed by atoms with Gasteiger partial charge in [-0.15, -0.1) is 0 Å². The van der Waals surface area contributed by atoms with E-state index in [-0.39, 0.29) is 17.6 Å². The zero-order valence-electron chi connectivity index (χ0n) is 17.1. The molecule has 0 saturated heterocycles. The number of imidazole rings is 1. The van der Waals surface area contributed by atoms with E-state index >= 15 is 4.39 Å². The highest BCUT2D eigenvalue weighted by Gasteiger charge is 2.30. The predicted molar refractivity (Wildman–Crippen MR) is 112 cm³/mol. The largest absolute Gasteiger partial charge is 0.434 e. The second kappa shape index (κ2) is 7.41. The minimum absolute atomic E-state index is 0.151. The Morgan fingerprint density at radius 1 is 1.10 bits per heavy atom. The van der Waals surface area contributed by atoms with E-state index in [2.05, 4.69) is 9.97 Å². The number of aryl methyl sites for hydroxylation is 3. The number of alkyl halides is 2. The van der Waals surface area contributed by atoms with Crippen molar-refractivity contribution in [1.29, 1.82) is 0 Å². The molecule has 1 unspecified atom stereocenters. The minimum atomic E-state index is -2.90. The molecule has 4 nitrogen and oxygen atoms in total. The van der Waals surface area contributed by atoms with Crippen molar-refractivity contribution in [3.8, 4) is 16.9 Å². The van der Waals surface area contributed by atoms with Gasteiger partial charge in [-0.05, 0) is 44.0 Å². The van der Waals surface area contributed by atoms with Crippen LogP contribution in [0, 0.1) is 19.7 Å². The van der Waals surface area contributed by atoms with Gasteiger partial charge >= 0.3 is 6.61 Å². The molecule has 31 heavy (non-hydrogen) atoms. The maximum Gasteiger partial charge on any atom is 0.387 e. The first-order valence-corrected chi connectivity index (χ1v) is 10.1. The zero-order chi connectivity index (χ0) is 21.7. The van der Waals surface area contributed by atoms with Crippen molar-refractivity contribution in [2.75, 3.05) is 0 Å². The van der Waals surface area contributed by atoms with Gasteiger partial charge in [-0.1, -0.05) is 18.2 Å². The molecular weight excluding hydrogens is 403 g/mol. The highest BCUT2D eigenvalue weighted by atomic mass is 19.3. The molecule has 0 spiro atoms. The number of nitrogens with zero attached hydrogens (tertiary/aromatic N) is 3. The van der Waals surface area contributed by atoms with Crippen LogP contribution in [0.4, 0.5) is 13.2 Å². The second-order valence-electron chi connectivity index (χ2n) is 7.84. The number of hydrogen-bond acceptors (Lipinski definition) is 3. The lowest BCUT2D eigenvalue weighted by atomic mass is 10.0. The minimum Gasteiger partial charge on any atom is -0.434 e. The quantitative estimate of drug-likeness (QED) is 0.405. The molecule has 7 heteroatoms. The topological polar surface area (TPSA) is 39.9 Å². The van der Waals surface area contributed by atoms with Crippen molar-refractivity contribution in [3.63, 3.8) is 0 Å². The number of pyridine rings is 1. The lowest BCUT2D eigenvalue weighted by molar-refractivity contribution is -0.0506. The average molecular weight is 423 g/mol. The monoisotopic (exact) mass is 423 g/mol. The molecule has 0 fully saturated rings. The van der Waals surface area contributed by atoms with Gasteiger partial charge in [0, 0.05) is 41.1 Å². The van der Waals surface area contributed by atoms with Gasteiger partial charge in [0.25, 0.3) is 0 Å². The number of fused-ring (bicyclic) bond motifs is 3. The van der Waals surface area contributed by atoms with E-state index in [4.69, 9.17) is 4.74 Å². The van der Waals surface area contributed by atoms with E-state index in [9.17, 15) is 8.78 Å². The van der Waals surface area contributed by atoms with E-state index in [1.54, 1.807) is 36.5 Å². The molecule has 158 valence electrons. The van der Waals surface area contributed by atoms with E-state index in [0.29, 0.717) is 29.5 Å². The summed E-state index contributed by atoms with van der Waals surface area (Å²) in [6.07, 6.45) is 3.13.